The number of anilines is 2. The SMILES string of the molecule is CCc1nc2ccc(Cl)cn2c1C(=O)NCc1ccc(N2CCN(c3ccc(OC(F)(F)F)cc3F)[C@@H](C)C2)c(F)c1. The number of aryl methyl sites for hydroxylation is 1. The lowest BCUT2D eigenvalue weighted by Crippen LogP contribution is -2.52. The van der Waals surface area contributed by atoms with Crippen LogP contribution in [0.25, 0.3) is 5.65 Å². The number of alkyl halides is 3. The lowest BCUT2D eigenvalue weighted by Gasteiger charge is -2.42. The summed E-state index contributed by atoms with van der Waals surface area (Å²) >= 11 is 6.11. The molecule has 7 nitrogen and oxygen atoms in total. The monoisotopic (exact) mass is 607 g/mol. The number of imidazole rings is 1. The minimum absolute atomic E-state index is 0.0878. The number of benzene rings is 2. The Balaban J connectivity index is 1.24. The van der Waals surface area contributed by atoms with Crippen LogP contribution < -0.4 is 19.9 Å². The van der Waals surface area contributed by atoms with Crippen LogP contribution in [0, 0.1) is 11.6 Å². The molecule has 1 aliphatic heterocycles. The number of nitrogens with one attached hydrogen (secondary N) is 1. The van der Waals surface area contributed by atoms with Crippen molar-refractivity contribution in [2.24, 2.45) is 0 Å². The number of hydrogen-bond donors (Lipinski definition) is 1. The maximum Gasteiger partial charge on any atom is 0.573 e. The zero-order valence-electron chi connectivity index (χ0n) is 22.7. The van der Waals surface area contributed by atoms with E-state index in [2.05, 4.69) is 15.0 Å². The third-order valence-corrected chi connectivity index (χ3v) is 7.32. The lowest BCUT2D eigenvalue weighted by atomic mass is 10.1. The van der Waals surface area contributed by atoms with Crippen LogP contribution in [0.15, 0.2) is 54.7 Å². The van der Waals surface area contributed by atoms with Gasteiger partial charge in [-0.25, -0.2) is 13.8 Å². The summed E-state index contributed by atoms with van der Waals surface area (Å²) in [4.78, 5) is 21.1. The average molecular weight is 608 g/mol. The molecule has 0 bridgehead atoms. The molecule has 2 aromatic heterocycles. The van der Waals surface area contributed by atoms with Crippen molar-refractivity contribution in [2.45, 2.75) is 39.2 Å². The number of rotatable bonds is 7. The summed E-state index contributed by atoms with van der Waals surface area (Å²) in [5.41, 5.74) is 2.65. The van der Waals surface area contributed by atoms with Crippen LogP contribution in [-0.4, -0.2) is 47.3 Å². The molecule has 4 aromatic rings. The zero-order chi connectivity index (χ0) is 30.2. The van der Waals surface area contributed by atoms with Crippen LogP contribution in [0.4, 0.5) is 33.3 Å². The van der Waals surface area contributed by atoms with E-state index in [0.29, 0.717) is 65.4 Å². The third-order valence-electron chi connectivity index (χ3n) is 7.10. The van der Waals surface area contributed by atoms with Gasteiger partial charge in [0.25, 0.3) is 5.91 Å². The predicted octanol–water partition coefficient (Wildman–Crippen LogP) is 6.37. The van der Waals surface area contributed by atoms with E-state index in [1.165, 1.54) is 12.1 Å². The van der Waals surface area contributed by atoms with E-state index >= 15 is 4.39 Å². The molecule has 1 aliphatic rings. The molecule has 13 heteroatoms. The lowest BCUT2D eigenvalue weighted by molar-refractivity contribution is -0.274. The maximum atomic E-state index is 15.2. The highest BCUT2D eigenvalue weighted by Gasteiger charge is 2.32. The molecule has 0 unspecified atom stereocenters. The molecule has 1 fully saturated rings. The number of pyridine rings is 1. The van der Waals surface area contributed by atoms with Gasteiger partial charge in [0.2, 0.25) is 0 Å². The van der Waals surface area contributed by atoms with Crippen LogP contribution in [0.1, 0.15) is 35.6 Å². The fourth-order valence-electron chi connectivity index (χ4n) is 5.19. The number of amides is 1. The fourth-order valence-corrected chi connectivity index (χ4v) is 5.35. The molecular formula is C29H27ClF5N5O2. The van der Waals surface area contributed by atoms with E-state index in [1.807, 2.05) is 18.7 Å². The Bertz CT molecular complexity index is 1630. The molecule has 222 valence electrons. The smallest absolute Gasteiger partial charge is 0.406 e. The summed E-state index contributed by atoms with van der Waals surface area (Å²) in [5.74, 6) is -2.31. The number of fused-ring (bicyclic) bond motifs is 1. The minimum atomic E-state index is -4.92. The van der Waals surface area contributed by atoms with Gasteiger partial charge >= 0.3 is 6.36 Å². The summed E-state index contributed by atoms with van der Waals surface area (Å²) in [6.07, 6.45) is -2.75. The standard InChI is InChI=1S/C29H27ClF5N5O2/c1-3-23-27(40-16-19(30)5-9-26(40)37-23)28(41)36-14-18-4-7-24(21(31)12-18)38-10-11-39(17(2)15-38)25-8-6-20(13-22(25)32)42-29(33,34)35/h4-9,12-13,16-17H,3,10-11,14-15H2,1-2H3,(H,36,41)/t17-/m0/s1. The minimum Gasteiger partial charge on any atom is -0.406 e. The number of carbonyl (C=O) groups excluding carboxylic acids is 1. The van der Waals surface area contributed by atoms with Gasteiger partial charge < -0.3 is 19.9 Å². The first-order valence-corrected chi connectivity index (χ1v) is 13.6. The number of ether oxygens (including phenoxy) is 1. The Morgan fingerprint density at radius 3 is 2.48 bits per heavy atom. The molecule has 5 rings (SSSR count). The first-order valence-electron chi connectivity index (χ1n) is 13.2. The number of aromatic nitrogens is 2. The van der Waals surface area contributed by atoms with E-state index in [9.17, 15) is 22.4 Å². The highest BCUT2D eigenvalue weighted by Crippen LogP contribution is 2.32. The van der Waals surface area contributed by atoms with E-state index in [-0.39, 0.29) is 24.2 Å². The Morgan fingerprint density at radius 2 is 1.81 bits per heavy atom. The summed E-state index contributed by atoms with van der Waals surface area (Å²) in [5, 5.41) is 3.29. The number of halogens is 6. The second kappa shape index (κ2) is 11.7. The third kappa shape index (κ3) is 6.23. The summed E-state index contributed by atoms with van der Waals surface area (Å²) in [6, 6.07) is 10.9. The van der Waals surface area contributed by atoms with Crippen molar-refractivity contribution >= 4 is 34.5 Å². The van der Waals surface area contributed by atoms with Gasteiger partial charge in [-0.2, -0.15) is 0 Å². The Kier molecular flexibility index (Phi) is 8.18. The van der Waals surface area contributed by atoms with Crippen LogP contribution in [0.5, 0.6) is 5.75 Å². The van der Waals surface area contributed by atoms with Gasteiger partial charge in [-0.05, 0) is 55.3 Å². The molecule has 0 saturated carbocycles. The molecule has 0 spiro atoms. The van der Waals surface area contributed by atoms with Crippen molar-refractivity contribution in [3.05, 3.63) is 88.3 Å². The summed E-state index contributed by atoms with van der Waals surface area (Å²) < 4.78 is 72.7. The van der Waals surface area contributed by atoms with Gasteiger partial charge in [-0.15, -0.1) is 13.2 Å². The molecule has 0 radical (unpaired) electrons. The molecular weight excluding hydrogens is 581 g/mol. The number of piperazine rings is 1. The molecule has 1 saturated heterocycles. The largest absolute Gasteiger partial charge is 0.573 e. The number of hydrogen-bond acceptors (Lipinski definition) is 5. The van der Waals surface area contributed by atoms with Gasteiger partial charge in [-0.1, -0.05) is 24.6 Å². The van der Waals surface area contributed by atoms with Crippen molar-refractivity contribution < 1.29 is 31.5 Å². The van der Waals surface area contributed by atoms with Gasteiger partial charge in [0, 0.05) is 44.5 Å². The fraction of sp³-hybridized carbons (Fsp3) is 0.310. The molecule has 1 N–H and O–H groups in total. The number of carbonyl (C=O) groups is 1. The van der Waals surface area contributed by atoms with Crippen LogP contribution >= 0.6 is 11.6 Å². The van der Waals surface area contributed by atoms with Crippen LogP contribution in [0.2, 0.25) is 5.02 Å². The van der Waals surface area contributed by atoms with Crippen molar-refractivity contribution in [1.29, 1.82) is 0 Å². The molecule has 1 atom stereocenters. The topological polar surface area (TPSA) is 62.1 Å². The molecule has 0 aliphatic carbocycles. The summed E-state index contributed by atoms with van der Waals surface area (Å²) in [6.45, 7) is 4.83. The molecule has 2 aromatic carbocycles. The highest BCUT2D eigenvalue weighted by atomic mass is 35.5. The predicted molar refractivity (Wildman–Crippen MR) is 149 cm³/mol. The van der Waals surface area contributed by atoms with Crippen LogP contribution in [-0.2, 0) is 13.0 Å². The van der Waals surface area contributed by atoms with Gasteiger partial charge in [0.1, 0.15) is 28.7 Å². The molecule has 1 amide bonds. The van der Waals surface area contributed by atoms with Crippen molar-refractivity contribution in [1.82, 2.24) is 14.7 Å². The van der Waals surface area contributed by atoms with E-state index in [0.717, 1.165) is 6.07 Å². The molecule has 3 heterocycles. The second-order valence-electron chi connectivity index (χ2n) is 9.95. The van der Waals surface area contributed by atoms with Crippen molar-refractivity contribution in [2.75, 3.05) is 29.4 Å². The van der Waals surface area contributed by atoms with E-state index in [4.69, 9.17) is 11.6 Å². The quantitative estimate of drug-likeness (QED) is 0.247. The van der Waals surface area contributed by atoms with Gasteiger partial charge in [-0.3, -0.25) is 9.20 Å². The highest BCUT2D eigenvalue weighted by molar-refractivity contribution is 6.30. The average Bonchev–Trinajstić information content (AvgIpc) is 3.29. The first-order chi connectivity index (χ1) is 19.9. The molecule has 42 heavy (non-hydrogen) atoms. The van der Waals surface area contributed by atoms with E-state index < -0.39 is 23.7 Å². The van der Waals surface area contributed by atoms with Crippen LogP contribution in [0.3, 0.4) is 0 Å². The van der Waals surface area contributed by atoms with Crippen molar-refractivity contribution in [3.8, 4) is 5.75 Å². The van der Waals surface area contributed by atoms with Gasteiger partial charge in [0.15, 0.2) is 0 Å². The second-order valence-corrected chi connectivity index (χ2v) is 10.4. The van der Waals surface area contributed by atoms with Gasteiger partial charge in [0.05, 0.1) is 22.1 Å². The zero-order valence-corrected chi connectivity index (χ0v) is 23.4. The Morgan fingerprint density at radius 1 is 1.07 bits per heavy atom. The maximum absolute atomic E-state index is 15.2. The first kappa shape index (κ1) is 29.4. The Hall–Kier alpha value is -4.06. The van der Waals surface area contributed by atoms with E-state index in [1.54, 1.807) is 39.8 Å². The summed E-state index contributed by atoms with van der Waals surface area (Å²) in [7, 11) is 0. The number of nitrogens with zero attached hydrogens (tertiary/aromatic N) is 4. The Labute approximate surface area is 243 Å². The normalized spacial score (nSPS) is 15.8. The van der Waals surface area contributed by atoms with Crippen molar-refractivity contribution in [3.63, 3.8) is 0 Å².